The van der Waals surface area contributed by atoms with Crippen LogP contribution in [0.25, 0.3) is 0 Å². The molecular formula is C16H12O4. The Bertz CT molecular complexity index is 767. The number of fused-ring (bicyclic) bond motifs is 5. The fraction of sp³-hybridized carbons (Fsp3) is 0.188. The Kier molecular flexibility index (Phi) is 1.91. The molecule has 0 saturated carbocycles. The molecule has 2 atom stereocenters. The van der Waals surface area contributed by atoms with E-state index < -0.39 is 17.2 Å². The van der Waals surface area contributed by atoms with Gasteiger partial charge >= 0.3 is 0 Å². The van der Waals surface area contributed by atoms with E-state index >= 15 is 0 Å². The number of carbonyl (C=O) groups is 1. The van der Waals surface area contributed by atoms with Crippen LogP contribution in [-0.4, -0.2) is 16.0 Å². The molecule has 1 aliphatic carbocycles. The number of Topliss-reactive ketones (excluding diaryl/α,β-unsaturated/α-hetero) is 1. The first-order chi connectivity index (χ1) is 9.50. The summed E-state index contributed by atoms with van der Waals surface area (Å²) >= 11 is 0. The van der Waals surface area contributed by atoms with Gasteiger partial charge in [0.25, 0.3) is 5.79 Å². The molecular weight excluding hydrogens is 256 g/mol. The van der Waals surface area contributed by atoms with E-state index in [4.69, 9.17) is 4.74 Å². The largest absolute Gasteiger partial charge is 0.453 e. The topological polar surface area (TPSA) is 66.8 Å². The van der Waals surface area contributed by atoms with Crippen molar-refractivity contribution >= 4 is 5.78 Å². The van der Waals surface area contributed by atoms with Crippen LogP contribution in [-0.2, 0) is 11.4 Å². The number of ketones is 1. The molecule has 2 unspecified atom stereocenters. The first-order valence-corrected chi connectivity index (χ1v) is 6.38. The lowest BCUT2D eigenvalue weighted by atomic mass is 9.86. The van der Waals surface area contributed by atoms with Crippen LogP contribution in [0.1, 0.15) is 27.0 Å². The van der Waals surface area contributed by atoms with Crippen LogP contribution in [0.15, 0.2) is 42.5 Å². The van der Waals surface area contributed by atoms with Gasteiger partial charge in [-0.2, -0.15) is 0 Å². The maximum Gasteiger partial charge on any atom is 0.276 e. The van der Waals surface area contributed by atoms with Gasteiger partial charge in [-0.1, -0.05) is 42.5 Å². The Balaban J connectivity index is 2.08. The minimum atomic E-state index is -2.07. The third-order valence-corrected chi connectivity index (χ3v) is 4.21. The van der Waals surface area contributed by atoms with E-state index in [9.17, 15) is 15.0 Å². The summed E-state index contributed by atoms with van der Waals surface area (Å²) in [4.78, 5) is 12.6. The molecule has 0 spiro atoms. The molecule has 0 bridgehead atoms. The molecule has 0 fully saturated rings. The monoisotopic (exact) mass is 268 g/mol. The fourth-order valence-corrected chi connectivity index (χ4v) is 3.17. The summed E-state index contributed by atoms with van der Waals surface area (Å²) in [5.41, 5.74) is -0.379. The molecule has 0 saturated heterocycles. The van der Waals surface area contributed by atoms with Gasteiger partial charge in [0.15, 0.2) is 0 Å². The predicted octanol–water partition coefficient (Wildman–Crippen LogP) is 1.62. The number of aliphatic hydroxyl groups is 2. The lowest BCUT2D eigenvalue weighted by Crippen LogP contribution is -2.48. The second kappa shape index (κ2) is 3.29. The fourth-order valence-electron chi connectivity index (χ4n) is 3.17. The Morgan fingerprint density at radius 2 is 1.70 bits per heavy atom. The van der Waals surface area contributed by atoms with Crippen LogP contribution in [0.4, 0.5) is 0 Å². The number of ether oxygens (including phenoxy) is 1. The van der Waals surface area contributed by atoms with Crippen molar-refractivity contribution < 1.29 is 19.7 Å². The van der Waals surface area contributed by atoms with Crippen molar-refractivity contribution in [3.8, 4) is 5.75 Å². The molecule has 2 aromatic rings. The van der Waals surface area contributed by atoms with E-state index in [-0.39, 0.29) is 0 Å². The van der Waals surface area contributed by atoms with Gasteiger partial charge < -0.3 is 14.9 Å². The minimum Gasteiger partial charge on any atom is -0.453 e. The van der Waals surface area contributed by atoms with Crippen LogP contribution < -0.4 is 4.74 Å². The molecule has 20 heavy (non-hydrogen) atoms. The van der Waals surface area contributed by atoms with Crippen molar-refractivity contribution in [2.45, 2.75) is 18.3 Å². The third-order valence-electron chi connectivity index (χ3n) is 4.21. The lowest BCUT2D eigenvalue weighted by molar-refractivity contribution is -0.224. The molecule has 0 aromatic heterocycles. The summed E-state index contributed by atoms with van der Waals surface area (Å²) < 4.78 is 5.63. The summed E-state index contributed by atoms with van der Waals surface area (Å²) in [6, 6.07) is 11.7. The van der Waals surface area contributed by atoms with Gasteiger partial charge in [0.05, 0.1) is 0 Å². The molecule has 4 rings (SSSR count). The van der Waals surface area contributed by atoms with Gasteiger partial charge in [-0.05, 0) is 12.5 Å². The first-order valence-electron chi connectivity index (χ1n) is 6.38. The Morgan fingerprint density at radius 1 is 1.00 bits per heavy atom. The van der Waals surface area contributed by atoms with Gasteiger partial charge in [-0.25, -0.2) is 0 Å². The van der Waals surface area contributed by atoms with Gasteiger partial charge in [-0.15, -0.1) is 0 Å². The lowest BCUT2D eigenvalue weighted by Gasteiger charge is -2.28. The summed E-state index contributed by atoms with van der Waals surface area (Å²) in [5, 5.41) is 21.8. The van der Waals surface area contributed by atoms with Crippen LogP contribution >= 0.6 is 0 Å². The maximum absolute atomic E-state index is 12.6. The van der Waals surface area contributed by atoms with E-state index in [1.54, 1.807) is 36.4 Å². The highest BCUT2D eigenvalue weighted by atomic mass is 16.7. The van der Waals surface area contributed by atoms with Crippen molar-refractivity contribution in [2.24, 2.45) is 0 Å². The van der Waals surface area contributed by atoms with E-state index in [0.717, 1.165) is 5.56 Å². The van der Waals surface area contributed by atoms with Crippen molar-refractivity contribution in [1.29, 1.82) is 0 Å². The van der Waals surface area contributed by atoms with Crippen LogP contribution in [0, 0.1) is 6.92 Å². The maximum atomic E-state index is 12.6. The zero-order valence-electron chi connectivity index (χ0n) is 10.8. The molecule has 2 aliphatic rings. The van der Waals surface area contributed by atoms with Crippen molar-refractivity contribution in [3.05, 3.63) is 64.7 Å². The van der Waals surface area contributed by atoms with Gasteiger partial charge in [-0.3, -0.25) is 4.79 Å². The van der Waals surface area contributed by atoms with E-state index in [2.05, 4.69) is 0 Å². The number of benzene rings is 2. The standard InChI is InChI=1S/C16H12O4/c1-9-5-4-8-12-13(9)20-16(19)11-7-3-2-6-10(11)14(17)15(12,16)18/h2-8,18-19H,1H3. The Hall–Kier alpha value is -2.17. The van der Waals surface area contributed by atoms with Crippen LogP contribution in [0.5, 0.6) is 5.75 Å². The first kappa shape index (κ1) is 11.6. The summed E-state index contributed by atoms with van der Waals surface area (Å²) in [5.74, 6) is -2.20. The van der Waals surface area contributed by atoms with Crippen molar-refractivity contribution in [3.63, 3.8) is 0 Å². The minimum absolute atomic E-state index is 0.296. The second-order valence-corrected chi connectivity index (χ2v) is 5.28. The van der Waals surface area contributed by atoms with Gasteiger partial charge in [0.1, 0.15) is 5.75 Å². The quantitative estimate of drug-likeness (QED) is 0.762. The van der Waals surface area contributed by atoms with Crippen LogP contribution in [0.3, 0.4) is 0 Å². The molecule has 2 aromatic carbocycles. The third kappa shape index (κ3) is 1.01. The van der Waals surface area contributed by atoms with Crippen LogP contribution in [0.2, 0.25) is 0 Å². The molecule has 2 N–H and O–H groups in total. The normalized spacial score (nSPS) is 29.6. The average molecular weight is 268 g/mol. The van der Waals surface area contributed by atoms with Crippen molar-refractivity contribution in [1.82, 2.24) is 0 Å². The zero-order valence-corrected chi connectivity index (χ0v) is 10.8. The Labute approximate surface area is 115 Å². The molecule has 4 nitrogen and oxygen atoms in total. The van der Waals surface area contributed by atoms with Gasteiger partial charge in [0.2, 0.25) is 11.4 Å². The predicted molar refractivity (Wildman–Crippen MR) is 70.4 cm³/mol. The zero-order chi connectivity index (χ0) is 14.1. The average Bonchev–Trinajstić information content (AvgIpc) is 2.79. The molecule has 0 radical (unpaired) electrons. The summed E-state index contributed by atoms with van der Waals surface area (Å²) in [6.45, 7) is 1.81. The molecule has 4 heteroatoms. The van der Waals surface area contributed by atoms with E-state index in [1.165, 1.54) is 0 Å². The number of hydrogen-bond donors (Lipinski definition) is 2. The van der Waals surface area contributed by atoms with Gasteiger partial charge in [0, 0.05) is 16.7 Å². The highest BCUT2D eigenvalue weighted by Gasteiger charge is 2.70. The number of para-hydroxylation sites is 1. The molecule has 1 heterocycles. The highest BCUT2D eigenvalue weighted by molar-refractivity contribution is 6.09. The summed E-state index contributed by atoms with van der Waals surface area (Å²) in [6.07, 6.45) is 0. The molecule has 1 aliphatic heterocycles. The SMILES string of the molecule is Cc1cccc2c1OC1(O)c3ccccc3C(=O)C21O. The molecule has 100 valence electrons. The summed E-state index contributed by atoms with van der Waals surface area (Å²) in [7, 11) is 0. The smallest absolute Gasteiger partial charge is 0.276 e. The highest BCUT2D eigenvalue weighted by Crippen LogP contribution is 2.58. The van der Waals surface area contributed by atoms with E-state index in [1.807, 2.05) is 13.0 Å². The number of rotatable bonds is 0. The second-order valence-electron chi connectivity index (χ2n) is 5.28. The molecule has 0 amide bonds. The number of aryl methyl sites for hydroxylation is 1. The number of hydrogen-bond acceptors (Lipinski definition) is 4. The van der Waals surface area contributed by atoms with Crippen molar-refractivity contribution in [2.75, 3.05) is 0 Å². The number of carbonyl (C=O) groups excluding carboxylic acids is 1. The van der Waals surface area contributed by atoms with E-state index in [0.29, 0.717) is 22.4 Å². The Morgan fingerprint density at radius 3 is 2.50 bits per heavy atom.